The zero-order valence-electron chi connectivity index (χ0n) is 64.6. The van der Waals surface area contributed by atoms with Gasteiger partial charge >= 0.3 is 0 Å². The molecule has 0 aromatic rings. The number of unbranched alkanes of at least 4 members (excludes halogenated alkanes) is 51. The maximum atomic E-state index is 13.5. The lowest BCUT2D eigenvalue weighted by Crippen LogP contribution is -2.66. The van der Waals surface area contributed by atoms with Crippen molar-refractivity contribution in [2.45, 2.75) is 471 Å². The Hall–Kier alpha value is -1.73. The van der Waals surface area contributed by atoms with E-state index in [1.165, 1.54) is 295 Å². The van der Waals surface area contributed by atoms with E-state index in [0.29, 0.717) is 12.8 Å². The van der Waals surface area contributed by atoms with E-state index < -0.39 is 124 Å². The topological polar surface area (TPSA) is 307 Å². The number of aliphatic hydroxyl groups excluding tert-OH is 11. The van der Waals surface area contributed by atoms with Gasteiger partial charge in [0.1, 0.15) is 73.2 Å². The predicted molar refractivity (Wildman–Crippen MR) is 406 cm³/mol. The second kappa shape index (κ2) is 64.1. The first kappa shape index (κ1) is 94.5. The van der Waals surface area contributed by atoms with Gasteiger partial charge in [0.05, 0.1) is 38.6 Å². The van der Waals surface area contributed by atoms with E-state index in [2.05, 4.69) is 31.3 Å². The number of carbonyl (C=O) groups excluding carboxylic acids is 1. The van der Waals surface area contributed by atoms with Gasteiger partial charge in [-0.05, 0) is 32.1 Å². The largest absolute Gasteiger partial charge is 0.394 e. The third-order valence-electron chi connectivity index (χ3n) is 21.5. The van der Waals surface area contributed by atoms with Crippen LogP contribution in [-0.2, 0) is 33.2 Å². The van der Waals surface area contributed by atoms with Crippen LogP contribution in [0.2, 0.25) is 0 Å². The van der Waals surface area contributed by atoms with Crippen LogP contribution in [0.5, 0.6) is 0 Å². The van der Waals surface area contributed by atoms with Crippen LogP contribution in [0, 0.1) is 0 Å². The van der Waals surface area contributed by atoms with Gasteiger partial charge in [0.15, 0.2) is 18.9 Å². The fourth-order valence-corrected chi connectivity index (χ4v) is 14.7. The van der Waals surface area contributed by atoms with Crippen molar-refractivity contribution < 1.29 is 89.4 Å². The van der Waals surface area contributed by atoms with Gasteiger partial charge in [-0.25, -0.2) is 0 Å². The van der Waals surface area contributed by atoms with Gasteiger partial charge in [-0.3, -0.25) is 4.79 Å². The highest BCUT2D eigenvalue weighted by Crippen LogP contribution is 2.33. The van der Waals surface area contributed by atoms with Crippen molar-refractivity contribution in [3.63, 3.8) is 0 Å². The molecule has 12 N–H and O–H groups in total. The molecule has 0 bridgehead atoms. The summed E-state index contributed by atoms with van der Waals surface area (Å²) < 4.78 is 34.5. The maximum absolute atomic E-state index is 13.5. The molecule has 19 nitrogen and oxygen atoms in total. The van der Waals surface area contributed by atoms with Crippen LogP contribution < -0.4 is 5.32 Å². The Kier molecular flexibility index (Phi) is 59.4. The lowest BCUT2D eigenvalue weighted by atomic mass is 9.96. The lowest BCUT2D eigenvalue weighted by Gasteiger charge is -2.48. The van der Waals surface area contributed by atoms with E-state index >= 15 is 0 Å². The van der Waals surface area contributed by atoms with E-state index in [-0.39, 0.29) is 18.9 Å². The number of ether oxygens (including phenoxy) is 6. The van der Waals surface area contributed by atoms with Gasteiger partial charge in [-0.2, -0.15) is 0 Å². The van der Waals surface area contributed by atoms with E-state index in [1.54, 1.807) is 6.08 Å². The molecule has 3 aliphatic rings. The van der Waals surface area contributed by atoms with Gasteiger partial charge in [0.2, 0.25) is 5.91 Å². The number of aliphatic hydroxyl groups is 11. The summed E-state index contributed by atoms with van der Waals surface area (Å²) in [7, 11) is 0. The summed E-state index contributed by atoms with van der Waals surface area (Å²) in [6.45, 7) is 1.79. The van der Waals surface area contributed by atoms with Crippen molar-refractivity contribution in [2.24, 2.45) is 0 Å². The number of hydrogen-bond donors (Lipinski definition) is 12. The summed E-state index contributed by atoms with van der Waals surface area (Å²) in [5.74, 6) is -0.276. The van der Waals surface area contributed by atoms with Gasteiger partial charge in [0, 0.05) is 6.42 Å². The molecule has 0 aromatic carbocycles. The molecule has 0 saturated carbocycles. The number of amides is 1. The first-order chi connectivity index (χ1) is 49.8. The highest BCUT2D eigenvalue weighted by molar-refractivity contribution is 5.76. The molecule has 1 amide bonds. The molecule has 3 rings (SSSR count). The summed E-state index contributed by atoms with van der Waals surface area (Å²) in [6, 6.07) is -0.989. The number of allylic oxidation sites excluding steroid dienone is 3. The smallest absolute Gasteiger partial charge is 0.220 e. The number of rotatable bonds is 69. The minimum Gasteiger partial charge on any atom is -0.394 e. The normalized spacial score (nSPS) is 26.2. The Morgan fingerprint density at radius 3 is 0.980 bits per heavy atom. The predicted octanol–water partition coefficient (Wildman–Crippen LogP) is 14.9. The third kappa shape index (κ3) is 43.5. The number of carbonyl (C=O) groups is 1. The Labute approximate surface area is 619 Å². The highest BCUT2D eigenvalue weighted by atomic mass is 16.8. The van der Waals surface area contributed by atoms with Crippen LogP contribution in [0.4, 0.5) is 0 Å². The number of nitrogens with one attached hydrogen (secondary N) is 1. The quantitative estimate of drug-likeness (QED) is 0.0199. The van der Waals surface area contributed by atoms with E-state index in [0.717, 1.165) is 38.5 Å². The first-order valence-corrected chi connectivity index (χ1v) is 42.6. The van der Waals surface area contributed by atoms with Crippen LogP contribution in [0.15, 0.2) is 24.3 Å². The standard InChI is InChI=1S/C83H157NO18/c1-3-5-7-9-11-13-15-17-19-21-23-25-27-29-31-32-33-35-36-38-40-42-44-46-48-50-52-54-56-58-60-67(88)66(84-71(89)61-59-57-55-53-51-49-47-45-43-41-39-37-34-30-28-26-24-22-20-18-16-14-12-10-8-6-4-2)65-97-81-77(95)74(92)79(69(63-86)99-81)102-83-78(96)75(93)80(70(64-87)100-83)101-82-76(94)73(91)72(90)68(62-85)98-82/h50,52,58,60,66-70,72-83,85-88,90-96H,3-49,51,53-57,59,61-65H2,1-2H3,(H,84,89)/b52-50+,60-58+. The Balaban J connectivity index is 1.37. The van der Waals surface area contributed by atoms with Crippen LogP contribution in [0.1, 0.15) is 367 Å². The monoisotopic (exact) mass is 1460 g/mol. The fourth-order valence-electron chi connectivity index (χ4n) is 14.7. The van der Waals surface area contributed by atoms with Gasteiger partial charge in [0.25, 0.3) is 0 Å². The average Bonchev–Trinajstić information content (AvgIpc) is 0.767. The second-order valence-corrected chi connectivity index (χ2v) is 30.6. The van der Waals surface area contributed by atoms with Crippen LogP contribution in [-0.4, -0.2) is 193 Å². The zero-order valence-corrected chi connectivity index (χ0v) is 64.6. The molecule has 0 radical (unpaired) electrons. The molecule has 102 heavy (non-hydrogen) atoms. The Bertz CT molecular complexity index is 1940. The minimum atomic E-state index is -1.98. The third-order valence-corrected chi connectivity index (χ3v) is 21.5. The van der Waals surface area contributed by atoms with Crippen molar-refractivity contribution in [1.82, 2.24) is 5.32 Å². The second-order valence-electron chi connectivity index (χ2n) is 30.6. The SMILES string of the molecule is CCCCCCCCCCCCCCCCCCCCCCCCCC/C=C/CC/C=C/C(O)C(COC1OC(CO)C(OC2OC(CO)C(OC3OC(CO)C(O)C(O)C3O)C(O)C2O)C(O)C1O)NC(=O)CCCCCCCCCCCCCCCCCCCCCCCCCCCCC. The van der Waals surface area contributed by atoms with Gasteiger partial charge < -0.3 is 89.9 Å². The van der Waals surface area contributed by atoms with Crippen molar-refractivity contribution in [2.75, 3.05) is 26.4 Å². The summed E-state index contributed by atoms with van der Waals surface area (Å²) in [5, 5.41) is 121. The Morgan fingerprint density at radius 2 is 0.627 bits per heavy atom. The summed E-state index contributed by atoms with van der Waals surface area (Å²) in [6.07, 6.45) is 51.9. The molecule has 602 valence electrons. The molecule has 17 atom stereocenters. The molecular weight excluding hydrogens is 1300 g/mol. The highest BCUT2D eigenvalue weighted by Gasteiger charge is 2.54. The molecule has 19 heteroatoms. The Morgan fingerprint density at radius 1 is 0.343 bits per heavy atom. The molecule has 0 spiro atoms. The van der Waals surface area contributed by atoms with E-state index in [1.807, 2.05) is 6.08 Å². The van der Waals surface area contributed by atoms with Gasteiger partial charge in [-0.15, -0.1) is 0 Å². The first-order valence-electron chi connectivity index (χ1n) is 42.6. The maximum Gasteiger partial charge on any atom is 0.220 e. The zero-order chi connectivity index (χ0) is 73.9. The van der Waals surface area contributed by atoms with Crippen molar-refractivity contribution >= 4 is 5.91 Å². The molecule has 0 aliphatic carbocycles. The van der Waals surface area contributed by atoms with Crippen molar-refractivity contribution in [3.8, 4) is 0 Å². The lowest BCUT2D eigenvalue weighted by molar-refractivity contribution is -0.379. The average molecular weight is 1460 g/mol. The van der Waals surface area contributed by atoms with Gasteiger partial charge in [-0.1, -0.05) is 353 Å². The van der Waals surface area contributed by atoms with Crippen LogP contribution in [0.25, 0.3) is 0 Å². The van der Waals surface area contributed by atoms with E-state index in [4.69, 9.17) is 28.4 Å². The van der Waals surface area contributed by atoms with Crippen LogP contribution in [0.3, 0.4) is 0 Å². The summed E-state index contributed by atoms with van der Waals surface area (Å²) >= 11 is 0. The molecule has 3 aliphatic heterocycles. The fraction of sp³-hybridized carbons (Fsp3) is 0.940. The minimum absolute atomic E-state index is 0.241. The molecule has 0 aromatic heterocycles. The summed E-state index contributed by atoms with van der Waals surface area (Å²) in [4.78, 5) is 13.5. The molecule has 3 heterocycles. The molecule has 3 fully saturated rings. The molecule has 3 saturated heterocycles. The van der Waals surface area contributed by atoms with Crippen molar-refractivity contribution in [1.29, 1.82) is 0 Å². The molecular formula is C83H157NO18. The van der Waals surface area contributed by atoms with E-state index in [9.17, 15) is 61.0 Å². The summed E-state index contributed by atoms with van der Waals surface area (Å²) in [5.41, 5.74) is 0. The molecule has 17 unspecified atom stereocenters. The number of hydrogen-bond acceptors (Lipinski definition) is 18. The van der Waals surface area contributed by atoms with Crippen molar-refractivity contribution in [3.05, 3.63) is 24.3 Å². The van der Waals surface area contributed by atoms with Crippen LogP contribution >= 0.6 is 0 Å².